The fourth-order valence-corrected chi connectivity index (χ4v) is 2.75. The van der Waals surface area contributed by atoms with Crippen molar-refractivity contribution in [2.75, 3.05) is 0 Å². The molecular formula is C13H21NO3. The molecule has 2 atom stereocenters. The minimum absolute atomic E-state index is 0.204. The van der Waals surface area contributed by atoms with Crippen molar-refractivity contribution in [3.8, 4) is 0 Å². The van der Waals surface area contributed by atoms with Crippen LogP contribution in [0.5, 0.6) is 0 Å². The van der Waals surface area contributed by atoms with Crippen molar-refractivity contribution in [3.05, 3.63) is 0 Å². The van der Waals surface area contributed by atoms with Gasteiger partial charge in [0.25, 0.3) is 0 Å². The fourth-order valence-electron chi connectivity index (χ4n) is 2.75. The Bertz CT molecular complexity index is 332. The number of carbonyl (C=O) groups is 2. The third-order valence-electron chi connectivity index (χ3n) is 3.44. The number of ketones is 1. The van der Waals surface area contributed by atoms with Crippen molar-refractivity contribution >= 4 is 11.9 Å². The molecule has 4 nitrogen and oxygen atoms in total. The molecule has 0 aliphatic carbocycles. The third kappa shape index (κ3) is 2.61. The van der Waals surface area contributed by atoms with E-state index in [4.69, 9.17) is 4.74 Å². The van der Waals surface area contributed by atoms with Crippen molar-refractivity contribution in [1.82, 2.24) is 4.90 Å². The number of fused-ring (bicyclic) bond motifs is 2. The molecule has 1 amide bonds. The lowest BCUT2D eigenvalue weighted by molar-refractivity contribution is -0.123. The monoisotopic (exact) mass is 239 g/mol. The van der Waals surface area contributed by atoms with Gasteiger partial charge >= 0.3 is 6.09 Å². The van der Waals surface area contributed by atoms with E-state index < -0.39 is 5.60 Å². The molecule has 2 aliphatic heterocycles. The van der Waals surface area contributed by atoms with Crippen LogP contribution in [0.3, 0.4) is 0 Å². The minimum Gasteiger partial charge on any atom is -0.444 e. The predicted molar refractivity (Wildman–Crippen MR) is 63.7 cm³/mol. The Kier molecular flexibility index (Phi) is 3.15. The van der Waals surface area contributed by atoms with E-state index in [0.717, 1.165) is 25.7 Å². The highest BCUT2D eigenvalue weighted by Crippen LogP contribution is 2.33. The molecular weight excluding hydrogens is 218 g/mol. The van der Waals surface area contributed by atoms with Gasteiger partial charge in [-0.2, -0.15) is 0 Å². The molecule has 1 unspecified atom stereocenters. The molecule has 0 aromatic heterocycles. The van der Waals surface area contributed by atoms with Crippen LogP contribution >= 0.6 is 0 Å². The average Bonchev–Trinajstić information content (AvgIpc) is 2.50. The van der Waals surface area contributed by atoms with Crippen molar-refractivity contribution in [3.63, 3.8) is 0 Å². The zero-order chi connectivity index (χ0) is 12.6. The van der Waals surface area contributed by atoms with Crippen LogP contribution in [0.4, 0.5) is 4.79 Å². The SMILES string of the molecule is CC(C)(C)OC(=O)N1C2CC[C@@H]1CCCC2=O. The standard InChI is InChI=1S/C13H21NO3/c1-13(2,3)17-12(16)14-9-5-4-6-11(15)10(14)8-7-9/h9-10H,4-8H2,1-3H3/t9-,10?/m0/s1. The van der Waals surface area contributed by atoms with E-state index in [1.807, 2.05) is 20.8 Å². The summed E-state index contributed by atoms with van der Waals surface area (Å²) in [4.78, 5) is 25.7. The van der Waals surface area contributed by atoms with Gasteiger partial charge in [0.1, 0.15) is 5.60 Å². The molecule has 0 saturated carbocycles. The van der Waals surface area contributed by atoms with Crippen LogP contribution in [0.2, 0.25) is 0 Å². The summed E-state index contributed by atoms with van der Waals surface area (Å²) in [6, 6.07) is -0.0151. The first-order valence-electron chi connectivity index (χ1n) is 6.42. The van der Waals surface area contributed by atoms with Crippen LogP contribution in [-0.2, 0) is 9.53 Å². The van der Waals surface area contributed by atoms with Crippen LogP contribution in [0.1, 0.15) is 52.9 Å². The Morgan fingerprint density at radius 1 is 1.29 bits per heavy atom. The summed E-state index contributed by atoms with van der Waals surface area (Å²) >= 11 is 0. The first-order valence-corrected chi connectivity index (χ1v) is 6.42. The smallest absolute Gasteiger partial charge is 0.411 e. The molecule has 2 saturated heterocycles. The van der Waals surface area contributed by atoms with E-state index >= 15 is 0 Å². The summed E-state index contributed by atoms with van der Waals surface area (Å²) in [7, 11) is 0. The molecule has 0 N–H and O–H groups in total. The first-order chi connectivity index (χ1) is 7.88. The van der Waals surface area contributed by atoms with E-state index in [2.05, 4.69) is 0 Å². The molecule has 2 bridgehead atoms. The zero-order valence-corrected chi connectivity index (χ0v) is 10.9. The minimum atomic E-state index is -0.494. The second-order valence-electron chi connectivity index (χ2n) is 5.99. The van der Waals surface area contributed by atoms with Crippen molar-refractivity contribution in [2.45, 2.75) is 70.6 Å². The third-order valence-corrected chi connectivity index (χ3v) is 3.44. The quantitative estimate of drug-likeness (QED) is 0.652. The maximum absolute atomic E-state index is 12.1. The Balaban J connectivity index is 2.13. The predicted octanol–water partition coefficient (Wildman–Crippen LogP) is 2.51. The number of hydrogen-bond donors (Lipinski definition) is 0. The molecule has 0 spiro atoms. The van der Waals surface area contributed by atoms with E-state index in [0.29, 0.717) is 6.42 Å². The molecule has 4 heteroatoms. The normalized spacial score (nSPS) is 29.1. The lowest BCUT2D eigenvalue weighted by Gasteiger charge is -2.30. The number of carbonyl (C=O) groups excluding carboxylic acids is 2. The number of ether oxygens (including phenoxy) is 1. The van der Waals surface area contributed by atoms with Crippen LogP contribution in [0.15, 0.2) is 0 Å². The summed E-state index contributed by atoms with van der Waals surface area (Å²) in [6.45, 7) is 5.56. The van der Waals surface area contributed by atoms with Crippen molar-refractivity contribution < 1.29 is 14.3 Å². The second-order valence-corrected chi connectivity index (χ2v) is 5.99. The summed E-state index contributed by atoms with van der Waals surface area (Å²) in [5, 5.41) is 0. The second kappa shape index (κ2) is 4.31. The molecule has 2 rings (SSSR count). The largest absolute Gasteiger partial charge is 0.444 e. The number of amides is 1. The highest BCUT2D eigenvalue weighted by atomic mass is 16.6. The van der Waals surface area contributed by atoms with Gasteiger partial charge in [0.05, 0.1) is 6.04 Å². The van der Waals surface area contributed by atoms with Gasteiger partial charge < -0.3 is 4.74 Å². The van der Waals surface area contributed by atoms with E-state index in [1.54, 1.807) is 4.90 Å². The number of Topliss-reactive ketones (excluding diaryl/α,β-unsaturated/α-hetero) is 1. The van der Waals surface area contributed by atoms with Crippen LogP contribution < -0.4 is 0 Å². The van der Waals surface area contributed by atoms with E-state index in [1.165, 1.54) is 0 Å². The molecule has 96 valence electrons. The van der Waals surface area contributed by atoms with Crippen LogP contribution in [-0.4, -0.2) is 34.5 Å². The first kappa shape index (κ1) is 12.4. The van der Waals surface area contributed by atoms with E-state index in [-0.39, 0.29) is 24.0 Å². The van der Waals surface area contributed by atoms with E-state index in [9.17, 15) is 9.59 Å². The number of rotatable bonds is 0. The highest BCUT2D eigenvalue weighted by molar-refractivity contribution is 5.88. The molecule has 0 aromatic rings. The zero-order valence-electron chi connectivity index (χ0n) is 10.9. The van der Waals surface area contributed by atoms with Gasteiger partial charge in [0.2, 0.25) is 0 Å². The van der Waals surface area contributed by atoms with Crippen molar-refractivity contribution in [1.29, 1.82) is 0 Å². The molecule has 0 radical (unpaired) electrons. The van der Waals surface area contributed by atoms with Crippen LogP contribution in [0.25, 0.3) is 0 Å². The summed E-state index contributed by atoms with van der Waals surface area (Å²) in [5.41, 5.74) is -0.494. The summed E-state index contributed by atoms with van der Waals surface area (Å²) in [6.07, 6.45) is 3.87. The van der Waals surface area contributed by atoms with Gasteiger partial charge in [-0.05, 0) is 46.5 Å². The van der Waals surface area contributed by atoms with Gasteiger partial charge in [-0.3, -0.25) is 9.69 Å². The van der Waals surface area contributed by atoms with Gasteiger partial charge in [0, 0.05) is 12.5 Å². The average molecular weight is 239 g/mol. The van der Waals surface area contributed by atoms with Gasteiger partial charge in [-0.1, -0.05) is 0 Å². The Labute approximate surface area is 102 Å². The molecule has 2 fully saturated rings. The Morgan fingerprint density at radius 2 is 2.00 bits per heavy atom. The summed E-state index contributed by atoms with van der Waals surface area (Å²) in [5.74, 6) is 0.204. The van der Waals surface area contributed by atoms with Crippen LogP contribution in [0, 0.1) is 0 Å². The maximum Gasteiger partial charge on any atom is 0.411 e. The molecule has 2 aliphatic rings. The van der Waals surface area contributed by atoms with Crippen molar-refractivity contribution in [2.24, 2.45) is 0 Å². The topological polar surface area (TPSA) is 46.6 Å². The maximum atomic E-state index is 12.1. The lowest BCUT2D eigenvalue weighted by atomic mass is 10.0. The molecule has 0 aromatic carbocycles. The lowest BCUT2D eigenvalue weighted by Crippen LogP contribution is -2.45. The highest BCUT2D eigenvalue weighted by Gasteiger charge is 2.43. The fraction of sp³-hybridized carbons (Fsp3) is 0.846. The Morgan fingerprint density at radius 3 is 2.65 bits per heavy atom. The molecule has 17 heavy (non-hydrogen) atoms. The van der Waals surface area contributed by atoms with Gasteiger partial charge in [0.15, 0.2) is 5.78 Å². The Hall–Kier alpha value is -1.06. The molecule has 2 heterocycles. The van der Waals surface area contributed by atoms with Gasteiger partial charge in [-0.15, -0.1) is 0 Å². The van der Waals surface area contributed by atoms with Gasteiger partial charge in [-0.25, -0.2) is 4.79 Å². The number of hydrogen-bond acceptors (Lipinski definition) is 3. The summed E-state index contributed by atoms with van der Waals surface area (Å²) < 4.78 is 5.40. The number of nitrogens with zero attached hydrogens (tertiary/aromatic N) is 1.